The van der Waals surface area contributed by atoms with Gasteiger partial charge in [-0.3, -0.25) is 14.5 Å². The number of aryl methyl sites for hydroxylation is 1. The maximum Gasteiger partial charge on any atom is 0.234 e. The second kappa shape index (κ2) is 4.78. The molecule has 1 aliphatic rings. The first kappa shape index (κ1) is 12.6. The highest BCUT2D eigenvalue weighted by Gasteiger charge is 2.32. The normalized spacial score (nSPS) is 15.4. The van der Waals surface area contributed by atoms with E-state index in [1.54, 1.807) is 12.1 Å². The number of aliphatic hydroxyl groups is 1. The molecule has 1 N–H and O–H groups in total. The number of ether oxygens (including phenoxy) is 1. The van der Waals surface area contributed by atoms with Gasteiger partial charge in [-0.1, -0.05) is 0 Å². The van der Waals surface area contributed by atoms with Crippen molar-refractivity contribution >= 4 is 17.5 Å². The van der Waals surface area contributed by atoms with Gasteiger partial charge in [0.1, 0.15) is 5.75 Å². The summed E-state index contributed by atoms with van der Waals surface area (Å²) < 4.78 is 5.16. The average molecular weight is 249 g/mol. The summed E-state index contributed by atoms with van der Waals surface area (Å²) in [5, 5.41) is 9.36. The van der Waals surface area contributed by atoms with E-state index >= 15 is 0 Å². The van der Waals surface area contributed by atoms with Gasteiger partial charge in [0.25, 0.3) is 0 Å². The Morgan fingerprint density at radius 2 is 1.89 bits per heavy atom. The Labute approximate surface area is 105 Å². The number of benzene rings is 1. The van der Waals surface area contributed by atoms with E-state index in [0.29, 0.717) is 17.0 Å². The predicted molar refractivity (Wildman–Crippen MR) is 65.4 cm³/mol. The van der Waals surface area contributed by atoms with Crippen LogP contribution in [0.1, 0.15) is 24.0 Å². The lowest BCUT2D eigenvalue weighted by molar-refractivity contribution is -0.121. The molecule has 1 fully saturated rings. The third-order valence-electron chi connectivity index (χ3n) is 3.06. The van der Waals surface area contributed by atoms with Crippen molar-refractivity contribution in [3.8, 4) is 5.75 Å². The van der Waals surface area contributed by atoms with Crippen molar-refractivity contribution in [3.05, 3.63) is 23.3 Å². The minimum atomic E-state index is -0.247. The van der Waals surface area contributed by atoms with Gasteiger partial charge in [-0.25, -0.2) is 0 Å². The van der Waals surface area contributed by atoms with Crippen molar-refractivity contribution in [2.75, 3.05) is 12.0 Å². The van der Waals surface area contributed by atoms with Crippen molar-refractivity contribution in [2.45, 2.75) is 26.4 Å². The number of hydrogen-bond donors (Lipinski definition) is 1. The molecule has 2 amide bonds. The Kier molecular flexibility index (Phi) is 3.34. The Bertz CT molecular complexity index is 494. The molecular formula is C13H15NO4. The fraction of sp³-hybridized carbons (Fsp3) is 0.385. The number of carbonyl (C=O) groups is 2. The molecule has 0 atom stereocenters. The minimum absolute atomic E-state index is 0.223. The SMILES string of the molecule is COc1cc(CO)c(N2C(=O)CCC2=O)cc1C. The minimum Gasteiger partial charge on any atom is -0.496 e. The molecule has 1 aliphatic heterocycles. The fourth-order valence-electron chi connectivity index (χ4n) is 2.11. The van der Waals surface area contributed by atoms with Crippen LogP contribution >= 0.6 is 0 Å². The molecule has 0 spiro atoms. The van der Waals surface area contributed by atoms with Crippen molar-refractivity contribution in [1.29, 1.82) is 0 Å². The lowest BCUT2D eigenvalue weighted by atomic mass is 10.1. The summed E-state index contributed by atoms with van der Waals surface area (Å²) in [7, 11) is 1.54. The number of carbonyl (C=O) groups excluding carboxylic acids is 2. The number of anilines is 1. The zero-order chi connectivity index (χ0) is 13.3. The molecule has 5 nitrogen and oxygen atoms in total. The summed E-state index contributed by atoms with van der Waals surface area (Å²) in [6, 6.07) is 3.36. The number of hydrogen-bond acceptors (Lipinski definition) is 4. The first-order valence-electron chi connectivity index (χ1n) is 5.72. The van der Waals surface area contributed by atoms with E-state index in [-0.39, 0.29) is 31.3 Å². The van der Waals surface area contributed by atoms with E-state index in [9.17, 15) is 14.7 Å². The highest BCUT2D eigenvalue weighted by Crippen LogP contribution is 2.32. The number of imide groups is 1. The van der Waals surface area contributed by atoms with Gasteiger partial charge in [0.05, 0.1) is 19.4 Å². The summed E-state index contributed by atoms with van der Waals surface area (Å²) in [5.41, 5.74) is 1.79. The van der Waals surface area contributed by atoms with Crippen molar-refractivity contribution in [3.63, 3.8) is 0 Å². The van der Waals surface area contributed by atoms with Crippen molar-refractivity contribution in [2.24, 2.45) is 0 Å². The third kappa shape index (κ3) is 1.97. The summed E-state index contributed by atoms with van der Waals surface area (Å²) >= 11 is 0. The number of rotatable bonds is 3. The molecule has 0 bridgehead atoms. The number of amides is 2. The first-order chi connectivity index (χ1) is 8.58. The van der Waals surface area contributed by atoms with Crippen LogP contribution in [0.5, 0.6) is 5.75 Å². The van der Waals surface area contributed by atoms with Crippen LogP contribution in [0.25, 0.3) is 0 Å². The molecule has 18 heavy (non-hydrogen) atoms. The molecule has 96 valence electrons. The molecule has 5 heteroatoms. The molecule has 1 saturated heterocycles. The number of aliphatic hydroxyl groups excluding tert-OH is 1. The van der Waals surface area contributed by atoms with Crippen LogP contribution in [0.4, 0.5) is 5.69 Å². The first-order valence-corrected chi connectivity index (χ1v) is 5.72. The molecule has 2 rings (SSSR count). The van der Waals surface area contributed by atoms with Gasteiger partial charge >= 0.3 is 0 Å². The summed E-state index contributed by atoms with van der Waals surface area (Å²) in [4.78, 5) is 24.6. The van der Waals surface area contributed by atoms with Crippen molar-refractivity contribution in [1.82, 2.24) is 0 Å². The van der Waals surface area contributed by atoms with Gasteiger partial charge in [-0.15, -0.1) is 0 Å². The molecule has 1 heterocycles. The zero-order valence-electron chi connectivity index (χ0n) is 10.4. The van der Waals surface area contributed by atoms with E-state index in [0.717, 1.165) is 10.5 Å². The second-order valence-corrected chi connectivity index (χ2v) is 4.23. The number of nitrogens with zero attached hydrogens (tertiary/aromatic N) is 1. The van der Waals surface area contributed by atoms with Gasteiger partial charge in [-0.2, -0.15) is 0 Å². The molecule has 1 aromatic carbocycles. The van der Waals surface area contributed by atoms with Crippen LogP contribution < -0.4 is 9.64 Å². The van der Waals surface area contributed by atoms with E-state index < -0.39 is 0 Å². The lowest BCUT2D eigenvalue weighted by Crippen LogP contribution is -2.29. The van der Waals surface area contributed by atoms with Gasteiger partial charge in [0, 0.05) is 18.4 Å². The van der Waals surface area contributed by atoms with E-state index in [2.05, 4.69) is 0 Å². The van der Waals surface area contributed by atoms with Crippen LogP contribution in [-0.4, -0.2) is 24.0 Å². The maximum absolute atomic E-state index is 11.7. The van der Waals surface area contributed by atoms with Gasteiger partial charge in [0.15, 0.2) is 0 Å². The number of methoxy groups -OCH3 is 1. The van der Waals surface area contributed by atoms with Gasteiger partial charge < -0.3 is 9.84 Å². The molecule has 0 radical (unpaired) electrons. The highest BCUT2D eigenvalue weighted by atomic mass is 16.5. The molecule has 0 aromatic heterocycles. The quantitative estimate of drug-likeness (QED) is 0.816. The van der Waals surface area contributed by atoms with Crippen LogP contribution in [0.3, 0.4) is 0 Å². The van der Waals surface area contributed by atoms with Crippen LogP contribution in [0.2, 0.25) is 0 Å². The average Bonchev–Trinajstić information content (AvgIpc) is 2.68. The Balaban J connectivity index is 2.53. The van der Waals surface area contributed by atoms with Crippen LogP contribution in [0.15, 0.2) is 12.1 Å². The molecule has 0 unspecified atom stereocenters. The molecule has 0 saturated carbocycles. The van der Waals surface area contributed by atoms with Crippen molar-refractivity contribution < 1.29 is 19.4 Å². The fourth-order valence-corrected chi connectivity index (χ4v) is 2.11. The smallest absolute Gasteiger partial charge is 0.234 e. The highest BCUT2D eigenvalue weighted by molar-refractivity contribution is 6.20. The van der Waals surface area contributed by atoms with Gasteiger partial charge in [0.2, 0.25) is 11.8 Å². The largest absolute Gasteiger partial charge is 0.496 e. The topological polar surface area (TPSA) is 66.8 Å². The van der Waals surface area contributed by atoms with Crippen LogP contribution in [0, 0.1) is 6.92 Å². The Morgan fingerprint density at radius 1 is 1.28 bits per heavy atom. The second-order valence-electron chi connectivity index (χ2n) is 4.23. The monoisotopic (exact) mass is 249 g/mol. The summed E-state index contributed by atoms with van der Waals surface area (Å²) in [6.45, 7) is 1.58. The Hall–Kier alpha value is -1.88. The summed E-state index contributed by atoms with van der Waals surface area (Å²) in [6.07, 6.45) is 0.462. The lowest BCUT2D eigenvalue weighted by Gasteiger charge is -2.19. The van der Waals surface area contributed by atoms with E-state index in [4.69, 9.17) is 4.74 Å². The summed E-state index contributed by atoms with van der Waals surface area (Å²) in [5.74, 6) is 0.181. The van der Waals surface area contributed by atoms with E-state index in [1.807, 2.05) is 6.92 Å². The van der Waals surface area contributed by atoms with E-state index in [1.165, 1.54) is 7.11 Å². The third-order valence-corrected chi connectivity index (χ3v) is 3.06. The predicted octanol–water partition coefficient (Wildman–Crippen LogP) is 1.15. The molecular weight excluding hydrogens is 234 g/mol. The molecule has 0 aliphatic carbocycles. The standard InChI is InChI=1S/C13H15NO4/c1-8-5-10(9(7-15)6-11(8)18-2)14-12(16)3-4-13(14)17/h5-6,15H,3-4,7H2,1-2H3. The molecule has 1 aromatic rings. The zero-order valence-corrected chi connectivity index (χ0v) is 10.4. The Morgan fingerprint density at radius 3 is 2.39 bits per heavy atom. The van der Waals surface area contributed by atoms with Gasteiger partial charge in [-0.05, 0) is 24.6 Å². The maximum atomic E-state index is 11.7. The van der Waals surface area contributed by atoms with Crippen LogP contribution in [-0.2, 0) is 16.2 Å².